The topological polar surface area (TPSA) is 66.4 Å². The molecule has 0 heterocycles. The van der Waals surface area contributed by atoms with E-state index in [1.807, 2.05) is 12.1 Å². The highest BCUT2D eigenvalue weighted by molar-refractivity contribution is 6.31. The lowest BCUT2D eigenvalue weighted by atomic mass is 9.69. The number of hydrogen-bond donors (Lipinski definition) is 2. The van der Waals surface area contributed by atoms with E-state index in [0.29, 0.717) is 22.7 Å². The number of ketones is 2. The van der Waals surface area contributed by atoms with Crippen LogP contribution < -0.4 is 5.32 Å². The number of nitrogens with one attached hydrogen (secondary N) is 1. The largest absolute Gasteiger partial charge is 0.507 e. The molecule has 176 valence electrons. The summed E-state index contributed by atoms with van der Waals surface area (Å²) in [6.07, 6.45) is 1.07. The van der Waals surface area contributed by atoms with Crippen molar-refractivity contribution in [3.63, 3.8) is 0 Å². The third kappa shape index (κ3) is 4.50. The van der Waals surface area contributed by atoms with Gasteiger partial charge in [0.1, 0.15) is 5.75 Å². The van der Waals surface area contributed by atoms with E-state index in [9.17, 15) is 14.7 Å². The molecule has 0 aromatic heterocycles. The molecular formula is C30H33NO3. The molecule has 34 heavy (non-hydrogen) atoms. The molecule has 0 aliphatic heterocycles. The number of hydrogen-bond acceptors (Lipinski definition) is 4. The normalized spacial score (nSPS) is 14.4. The minimum atomic E-state index is -0.336. The molecule has 1 aliphatic rings. The fraction of sp³-hybridized carbons (Fsp3) is 0.333. The average Bonchev–Trinajstić information content (AvgIpc) is 2.76. The molecule has 0 spiro atoms. The molecular weight excluding hydrogens is 422 g/mol. The van der Waals surface area contributed by atoms with Crippen LogP contribution >= 0.6 is 0 Å². The summed E-state index contributed by atoms with van der Waals surface area (Å²) in [4.78, 5) is 26.4. The van der Waals surface area contributed by atoms with Crippen LogP contribution in [0.2, 0.25) is 0 Å². The van der Waals surface area contributed by atoms with Crippen LogP contribution in [0.25, 0.3) is 0 Å². The van der Waals surface area contributed by atoms with E-state index in [1.165, 1.54) is 11.6 Å². The highest BCUT2D eigenvalue weighted by Crippen LogP contribution is 2.43. The van der Waals surface area contributed by atoms with Gasteiger partial charge in [-0.2, -0.15) is 0 Å². The predicted octanol–water partition coefficient (Wildman–Crippen LogP) is 7.48. The molecule has 0 fully saturated rings. The van der Waals surface area contributed by atoms with E-state index in [4.69, 9.17) is 0 Å². The first-order valence-electron chi connectivity index (χ1n) is 11.8. The quantitative estimate of drug-likeness (QED) is 0.313. The Morgan fingerprint density at radius 2 is 1.32 bits per heavy atom. The molecule has 1 unspecified atom stereocenters. The van der Waals surface area contributed by atoms with E-state index in [0.717, 1.165) is 12.1 Å². The molecule has 0 radical (unpaired) electrons. The highest BCUT2D eigenvalue weighted by Gasteiger charge is 2.34. The molecule has 0 bridgehead atoms. The van der Waals surface area contributed by atoms with Crippen molar-refractivity contribution in [1.29, 1.82) is 0 Å². The van der Waals surface area contributed by atoms with Crippen molar-refractivity contribution in [2.24, 2.45) is 10.8 Å². The summed E-state index contributed by atoms with van der Waals surface area (Å²) in [5.74, 6) is -0.382. The maximum atomic E-state index is 13.3. The van der Waals surface area contributed by atoms with Crippen LogP contribution in [0.15, 0.2) is 60.7 Å². The van der Waals surface area contributed by atoms with Crippen LogP contribution in [0.3, 0.4) is 0 Å². The first kappa shape index (κ1) is 23.7. The number of carbonyl (C=O) groups is 2. The van der Waals surface area contributed by atoms with E-state index in [2.05, 4.69) is 59.0 Å². The summed E-state index contributed by atoms with van der Waals surface area (Å²) < 4.78 is 0. The van der Waals surface area contributed by atoms with Gasteiger partial charge in [0.05, 0.1) is 16.8 Å². The Balaban J connectivity index is 1.69. The van der Waals surface area contributed by atoms with Crippen LogP contribution in [0, 0.1) is 10.8 Å². The van der Waals surface area contributed by atoms with Gasteiger partial charge in [-0.1, -0.05) is 77.9 Å². The van der Waals surface area contributed by atoms with Gasteiger partial charge in [0.2, 0.25) is 0 Å². The summed E-state index contributed by atoms with van der Waals surface area (Å²) in [6.45, 7) is 13.6. The highest BCUT2D eigenvalue weighted by atomic mass is 16.3. The predicted molar refractivity (Wildman–Crippen MR) is 137 cm³/mol. The van der Waals surface area contributed by atoms with Crippen molar-refractivity contribution < 1.29 is 14.7 Å². The number of phenolic OH excluding ortho intramolecular Hbond substituents is 1. The number of rotatable bonds is 4. The first-order chi connectivity index (χ1) is 15.9. The Labute approximate surface area is 202 Å². The number of phenols is 1. The van der Waals surface area contributed by atoms with Crippen LogP contribution in [0.1, 0.15) is 91.3 Å². The zero-order chi connectivity index (χ0) is 24.8. The van der Waals surface area contributed by atoms with Crippen LogP contribution in [-0.4, -0.2) is 16.7 Å². The van der Waals surface area contributed by atoms with E-state index < -0.39 is 0 Å². The van der Waals surface area contributed by atoms with Crippen LogP contribution in [-0.2, 0) is 0 Å². The third-order valence-corrected chi connectivity index (χ3v) is 6.51. The molecule has 4 rings (SSSR count). The molecule has 4 heteroatoms. The molecule has 3 aromatic carbocycles. The number of benzene rings is 3. The molecule has 1 aliphatic carbocycles. The Morgan fingerprint density at radius 3 is 1.85 bits per heavy atom. The molecule has 2 N–H and O–H groups in total. The van der Waals surface area contributed by atoms with Crippen LogP contribution in [0.4, 0.5) is 11.4 Å². The van der Waals surface area contributed by atoms with Gasteiger partial charge in [0.25, 0.3) is 0 Å². The summed E-state index contributed by atoms with van der Waals surface area (Å²) in [5.41, 5.74) is 3.90. The minimum absolute atomic E-state index is 0.0586. The SMILES string of the molecule is CC(C)(C)CC(c1ccc(Nc2ccc(O)c3c2C(=O)c2ccccc2C3=O)cc1)C(C)(C)C. The number of aromatic hydroxyl groups is 1. The molecule has 0 amide bonds. The molecule has 0 saturated carbocycles. The van der Waals surface area contributed by atoms with Gasteiger partial charge in [0, 0.05) is 16.8 Å². The van der Waals surface area contributed by atoms with Gasteiger partial charge >= 0.3 is 0 Å². The standard InChI is InChI=1S/C30H33NO3/c1-29(2,3)17-22(30(4,5)6)18-11-13-19(14-12-18)31-23-15-16-24(32)26-25(23)27(33)20-9-7-8-10-21(20)28(26)34/h7-16,22,31-32H,17H2,1-6H3. The lowest BCUT2D eigenvalue weighted by Crippen LogP contribution is -2.23. The second-order valence-electron chi connectivity index (χ2n) is 11.5. The fourth-order valence-corrected chi connectivity index (χ4v) is 4.80. The number of anilines is 2. The van der Waals surface area contributed by atoms with Gasteiger partial charge in [-0.3, -0.25) is 9.59 Å². The Bertz CT molecular complexity index is 1260. The van der Waals surface area contributed by atoms with Gasteiger partial charge in [-0.15, -0.1) is 0 Å². The smallest absolute Gasteiger partial charge is 0.198 e. The van der Waals surface area contributed by atoms with Crippen molar-refractivity contribution in [3.05, 3.63) is 88.5 Å². The lowest BCUT2D eigenvalue weighted by Gasteiger charge is -2.36. The molecule has 1 atom stereocenters. The van der Waals surface area contributed by atoms with Crippen molar-refractivity contribution in [3.8, 4) is 5.75 Å². The summed E-state index contributed by atoms with van der Waals surface area (Å²) in [6, 6.07) is 18.2. The number of carbonyl (C=O) groups excluding carboxylic acids is 2. The van der Waals surface area contributed by atoms with Gasteiger partial charge in [-0.25, -0.2) is 0 Å². The van der Waals surface area contributed by atoms with Crippen molar-refractivity contribution in [2.75, 3.05) is 5.32 Å². The maximum Gasteiger partial charge on any atom is 0.198 e. The van der Waals surface area contributed by atoms with Gasteiger partial charge in [-0.05, 0) is 53.0 Å². The zero-order valence-electron chi connectivity index (χ0n) is 20.8. The van der Waals surface area contributed by atoms with Crippen molar-refractivity contribution in [2.45, 2.75) is 53.9 Å². The maximum absolute atomic E-state index is 13.3. The van der Waals surface area contributed by atoms with Crippen LogP contribution in [0.5, 0.6) is 5.75 Å². The Kier molecular flexibility index (Phi) is 5.89. The van der Waals surface area contributed by atoms with Crippen molar-refractivity contribution in [1.82, 2.24) is 0 Å². The minimum Gasteiger partial charge on any atom is -0.507 e. The summed E-state index contributed by atoms with van der Waals surface area (Å²) in [7, 11) is 0. The Hall–Kier alpha value is -3.40. The third-order valence-electron chi connectivity index (χ3n) is 6.51. The molecule has 0 saturated heterocycles. The number of fused-ring (bicyclic) bond motifs is 2. The first-order valence-corrected chi connectivity index (χ1v) is 11.8. The zero-order valence-corrected chi connectivity index (χ0v) is 20.8. The van der Waals surface area contributed by atoms with Crippen molar-refractivity contribution >= 4 is 22.9 Å². The lowest BCUT2D eigenvalue weighted by molar-refractivity contribution is 0.0977. The summed E-state index contributed by atoms with van der Waals surface area (Å²) >= 11 is 0. The fourth-order valence-electron chi connectivity index (χ4n) is 4.80. The second kappa shape index (κ2) is 8.43. The molecule has 4 nitrogen and oxygen atoms in total. The van der Waals surface area contributed by atoms with Gasteiger partial charge in [0.15, 0.2) is 11.6 Å². The summed E-state index contributed by atoms with van der Waals surface area (Å²) in [5, 5.41) is 13.7. The monoisotopic (exact) mass is 455 g/mol. The molecule has 3 aromatic rings. The Morgan fingerprint density at radius 1 is 0.765 bits per heavy atom. The van der Waals surface area contributed by atoms with Gasteiger partial charge < -0.3 is 10.4 Å². The van der Waals surface area contributed by atoms with E-state index in [1.54, 1.807) is 30.3 Å². The second-order valence-corrected chi connectivity index (χ2v) is 11.5. The van der Waals surface area contributed by atoms with E-state index >= 15 is 0 Å². The van der Waals surface area contributed by atoms with E-state index in [-0.39, 0.29) is 39.3 Å². The average molecular weight is 456 g/mol.